The topological polar surface area (TPSA) is 69.8 Å². The summed E-state index contributed by atoms with van der Waals surface area (Å²) in [6.07, 6.45) is 1.26. The average Bonchev–Trinajstić information content (AvgIpc) is 2.69. The highest BCUT2D eigenvalue weighted by atomic mass is 35.5. The van der Waals surface area contributed by atoms with E-state index in [1.165, 1.54) is 12.1 Å². The Labute approximate surface area is 182 Å². The molecule has 0 unspecified atom stereocenters. The maximum Gasteiger partial charge on any atom is 0.248 e. The van der Waals surface area contributed by atoms with Crippen LogP contribution in [0.3, 0.4) is 0 Å². The van der Waals surface area contributed by atoms with Crippen molar-refractivity contribution in [2.45, 2.75) is 18.4 Å². The van der Waals surface area contributed by atoms with Crippen molar-refractivity contribution in [3.05, 3.63) is 70.0 Å². The summed E-state index contributed by atoms with van der Waals surface area (Å²) in [5.41, 5.74) is 6.44. The van der Waals surface area contributed by atoms with Crippen LogP contribution in [0.15, 0.2) is 42.5 Å². The van der Waals surface area contributed by atoms with Crippen LogP contribution in [0.5, 0.6) is 0 Å². The first-order chi connectivity index (χ1) is 14.2. The summed E-state index contributed by atoms with van der Waals surface area (Å²) in [7, 11) is 3.97. The number of primary amides is 1. The second-order valence-corrected chi connectivity index (χ2v) is 8.77. The van der Waals surface area contributed by atoms with Gasteiger partial charge in [0.1, 0.15) is 5.82 Å². The van der Waals surface area contributed by atoms with E-state index >= 15 is 0 Å². The van der Waals surface area contributed by atoms with Gasteiger partial charge in [0.25, 0.3) is 0 Å². The number of hydrogen-bond donors (Lipinski definition) is 2. The minimum atomic E-state index is -1.04. The van der Waals surface area contributed by atoms with E-state index in [1.807, 2.05) is 20.2 Å². The Hall–Kier alpha value is -1.99. The van der Waals surface area contributed by atoms with Gasteiger partial charge in [-0.2, -0.15) is 0 Å². The molecule has 1 fully saturated rings. The third-order valence-corrected chi connectivity index (χ3v) is 6.26. The number of likely N-dealkylation sites (tertiary alicyclic amines) is 1. The van der Waals surface area contributed by atoms with Gasteiger partial charge in [0, 0.05) is 42.7 Å². The number of rotatable bonds is 7. The van der Waals surface area contributed by atoms with Crippen molar-refractivity contribution in [3.63, 3.8) is 0 Å². The molecule has 2 aromatic rings. The Kier molecular flexibility index (Phi) is 7.14. The predicted octanol–water partition coefficient (Wildman–Crippen LogP) is 2.89. The minimum Gasteiger partial charge on any atom is -0.385 e. The molecule has 3 rings (SSSR count). The summed E-state index contributed by atoms with van der Waals surface area (Å²) < 4.78 is 13.3. The third-order valence-electron chi connectivity index (χ3n) is 5.91. The lowest BCUT2D eigenvalue weighted by molar-refractivity contribution is -0.0843. The summed E-state index contributed by atoms with van der Waals surface area (Å²) in [6.45, 7) is 2.88. The van der Waals surface area contributed by atoms with Crippen molar-refractivity contribution in [2.24, 2.45) is 11.7 Å². The van der Waals surface area contributed by atoms with Crippen LogP contribution in [-0.2, 0) is 12.0 Å². The molecule has 0 bridgehead atoms. The number of hydrogen-bond acceptors (Lipinski definition) is 4. The molecule has 1 heterocycles. The molecule has 0 radical (unpaired) electrons. The smallest absolute Gasteiger partial charge is 0.248 e. The minimum absolute atomic E-state index is 0.0481. The normalized spacial score (nSPS) is 22.4. The predicted molar refractivity (Wildman–Crippen MR) is 117 cm³/mol. The molecule has 7 heteroatoms. The van der Waals surface area contributed by atoms with Gasteiger partial charge in [-0.15, -0.1) is 0 Å². The van der Waals surface area contributed by atoms with Gasteiger partial charge in [-0.05, 0) is 62.3 Å². The van der Waals surface area contributed by atoms with Crippen LogP contribution in [-0.4, -0.2) is 61.1 Å². The molecule has 1 aliphatic rings. The Morgan fingerprint density at radius 1 is 1.33 bits per heavy atom. The fraction of sp³-hybridized carbons (Fsp3) is 0.435. The van der Waals surface area contributed by atoms with Crippen LogP contribution in [0, 0.1) is 11.7 Å². The van der Waals surface area contributed by atoms with Crippen molar-refractivity contribution in [1.82, 2.24) is 9.80 Å². The van der Waals surface area contributed by atoms with Crippen LogP contribution in [0.2, 0.25) is 5.02 Å². The van der Waals surface area contributed by atoms with Crippen molar-refractivity contribution < 1.29 is 14.3 Å². The summed E-state index contributed by atoms with van der Waals surface area (Å²) >= 11 is 6.17. The lowest BCUT2D eigenvalue weighted by Crippen LogP contribution is -2.53. The van der Waals surface area contributed by atoms with E-state index in [-0.39, 0.29) is 11.7 Å². The average molecular weight is 434 g/mol. The molecule has 0 spiro atoms. The Bertz CT molecular complexity index is 908. The largest absolute Gasteiger partial charge is 0.385 e. The molecule has 162 valence electrons. The number of amides is 1. The van der Waals surface area contributed by atoms with Crippen LogP contribution >= 0.6 is 11.6 Å². The SMILES string of the molecule is CN(C)C[C@@H]1CN(CCc2ccc(F)cc2Cl)CC[C@@]1(O)c1cccc(C(N)=O)c1. The van der Waals surface area contributed by atoms with E-state index in [1.54, 1.807) is 24.3 Å². The highest BCUT2D eigenvalue weighted by Gasteiger charge is 2.43. The monoisotopic (exact) mass is 433 g/mol. The quantitative estimate of drug-likeness (QED) is 0.704. The molecule has 0 aromatic heterocycles. The van der Waals surface area contributed by atoms with E-state index in [2.05, 4.69) is 9.80 Å². The number of piperidine rings is 1. The molecule has 1 amide bonds. The van der Waals surface area contributed by atoms with E-state index in [0.717, 1.165) is 17.7 Å². The second kappa shape index (κ2) is 9.43. The van der Waals surface area contributed by atoms with Crippen molar-refractivity contribution >= 4 is 17.5 Å². The number of aliphatic hydroxyl groups is 1. The van der Waals surface area contributed by atoms with Crippen LogP contribution in [0.25, 0.3) is 0 Å². The zero-order valence-electron chi connectivity index (χ0n) is 17.4. The van der Waals surface area contributed by atoms with Gasteiger partial charge in [-0.1, -0.05) is 29.8 Å². The molecule has 3 N–H and O–H groups in total. The second-order valence-electron chi connectivity index (χ2n) is 8.36. The first-order valence-electron chi connectivity index (χ1n) is 10.1. The van der Waals surface area contributed by atoms with Gasteiger partial charge in [-0.3, -0.25) is 4.79 Å². The Morgan fingerprint density at radius 2 is 2.10 bits per heavy atom. The summed E-state index contributed by atoms with van der Waals surface area (Å²) in [5.74, 6) is -0.887. The molecule has 0 saturated carbocycles. The highest BCUT2D eigenvalue weighted by molar-refractivity contribution is 6.31. The summed E-state index contributed by atoms with van der Waals surface area (Å²) in [4.78, 5) is 16.0. The zero-order chi connectivity index (χ0) is 21.9. The van der Waals surface area contributed by atoms with Crippen LogP contribution in [0.1, 0.15) is 27.9 Å². The molecule has 2 atom stereocenters. The van der Waals surface area contributed by atoms with E-state index in [0.29, 0.717) is 43.1 Å². The van der Waals surface area contributed by atoms with Crippen LogP contribution in [0.4, 0.5) is 4.39 Å². The molecule has 0 aliphatic carbocycles. The highest BCUT2D eigenvalue weighted by Crippen LogP contribution is 2.38. The maximum atomic E-state index is 13.3. The standard InChI is InChI=1S/C23H29ClFN3O2/c1-27(2)14-19-15-28(10-8-16-6-7-20(25)13-21(16)24)11-9-23(19,30)18-5-3-4-17(12-18)22(26)29/h3-7,12-13,19,30H,8-11,14-15H2,1-2H3,(H2,26,29)/t19-,23-/m1/s1. The summed E-state index contributed by atoms with van der Waals surface area (Å²) in [6, 6.07) is 11.5. The lowest BCUT2D eigenvalue weighted by atomic mass is 9.75. The van der Waals surface area contributed by atoms with E-state index in [4.69, 9.17) is 17.3 Å². The van der Waals surface area contributed by atoms with Crippen molar-refractivity contribution in [2.75, 3.05) is 40.3 Å². The fourth-order valence-corrected chi connectivity index (χ4v) is 4.53. The van der Waals surface area contributed by atoms with Gasteiger partial charge < -0.3 is 20.6 Å². The van der Waals surface area contributed by atoms with Crippen molar-refractivity contribution in [3.8, 4) is 0 Å². The first-order valence-corrected chi connectivity index (χ1v) is 10.5. The molecular weight excluding hydrogens is 405 g/mol. The molecule has 2 aromatic carbocycles. The molecule has 30 heavy (non-hydrogen) atoms. The number of carbonyl (C=O) groups excluding carboxylic acids is 1. The molecular formula is C23H29ClFN3O2. The van der Waals surface area contributed by atoms with E-state index < -0.39 is 11.5 Å². The first kappa shape index (κ1) is 22.7. The number of benzene rings is 2. The Balaban J connectivity index is 1.76. The van der Waals surface area contributed by atoms with Gasteiger partial charge in [0.15, 0.2) is 0 Å². The summed E-state index contributed by atoms with van der Waals surface area (Å²) in [5, 5.41) is 12.1. The Morgan fingerprint density at radius 3 is 2.77 bits per heavy atom. The number of nitrogens with two attached hydrogens (primary N) is 1. The van der Waals surface area contributed by atoms with Gasteiger partial charge in [0.2, 0.25) is 5.91 Å². The zero-order valence-corrected chi connectivity index (χ0v) is 18.2. The number of halogens is 2. The third kappa shape index (κ3) is 5.19. The maximum absolute atomic E-state index is 13.3. The van der Waals surface area contributed by atoms with E-state index in [9.17, 15) is 14.3 Å². The number of nitrogens with zero attached hydrogens (tertiary/aromatic N) is 2. The lowest BCUT2D eigenvalue weighted by Gasteiger charge is -2.46. The number of carbonyl (C=O) groups is 1. The van der Waals surface area contributed by atoms with Crippen LogP contribution < -0.4 is 5.73 Å². The van der Waals surface area contributed by atoms with Gasteiger partial charge in [-0.25, -0.2) is 4.39 Å². The van der Waals surface area contributed by atoms with Gasteiger partial charge in [0.05, 0.1) is 5.60 Å². The van der Waals surface area contributed by atoms with Gasteiger partial charge >= 0.3 is 0 Å². The van der Waals surface area contributed by atoms with Crippen molar-refractivity contribution in [1.29, 1.82) is 0 Å². The fourth-order valence-electron chi connectivity index (χ4n) is 4.26. The molecule has 1 aliphatic heterocycles. The molecule has 1 saturated heterocycles. The molecule has 5 nitrogen and oxygen atoms in total.